The van der Waals surface area contributed by atoms with Crippen molar-refractivity contribution in [2.45, 2.75) is 46.6 Å². The Hall–Kier alpha value is -1.32. The van der Waals surface area contributed by atoms with Gasteiger partial charge in [0, 0.05) is 6.20 Å². The SMILES string of the molecule is CCOC(=O)c1cn(C(C)(C)C)nc1CC. The number of nitrogens with zero attached hydrogens (tertiary/aromatic N) is 2. The molecule has 0 amide bonds. The van der Waals surface area contributed by atoms with Gasteiger partial charge in [-0.2, -0.15) is 5.10 Å². The van der Waals surface area contributed by atoms with Crippen molar-refractivity contribution in [1.82, 2.24) is 9.78 Å². The molecule has 1 aromatic rings. The van der Waals surface area contributed by atoms with Crippen LogP contribution in [0.2, 0.25) is 0 Å². The Kier molecular flexibility index (Phi) is 3.73. The number of carbonyl (C=O) groups is 1. The van der Waals surface area contributed by atoms with Crippen molar-refractivity contribution in [3.63, 3.8) is 0 Å². The number of hydrogen-bond acceptors (Lipinski definition) is 3. The van der Waals surface area contributed by atoms with Crippen LogP contribution in [-0.2, 0) is 16.7 Å². The molecule has 1 rings (SSSR count). The van der Waals surface area contributed by atoms with Crippen molar-refractivity contribution in [3.05, 3.63) is 17.5 Å². The zero-order valence-corrected chi connectivity index (χ0v) is 10.7. The van der Waals surface area contributed by atoms with Gasteiger partial charge in [-0.15, -0.1) is 0 Å². The van der Waals surface area contributed by atoms with E-state index in [2.05, 4.69) is 5.10 Å². The summed E-state index contributed by atoms with van der Waals surface area (Å²) >= 11 is 0. The molecule has 0 atom stereocenters. The van der Waals surface area contributed by atoms with Crippen LogP contribution < -0.4 is 0 Å². The van der Waals surface area contributed by atoms with E-state index in [1.165, 1.54) is 0 Å². The number of hydrogen-bond donors (Lipinski definition) is 0. The minimum absolute atomic E-state index is 0.116. The fraction of sp³-hybridized carbons (Fsp3) is 0.667. The molecule has 0 saturated heterocycles. The van der Waals surface area contributed by atoms with Crippen molar-refractivity contribution in [2.24, 2.45) is 0 Å². The van der Waals surface area contributed by atoms with E-state index in [-0.39, 0.29) is 11.5 Å². The summed E-state index contributed by atoms with van der Waals surface area (Å²) < 4.78 is 6.82. The molecular weight excluding hydrogens is 204 g/mol. The van der Waals surface area contributed by atoms with Crippen molar-refractivity contribution < 1.29 is 9.53 Å². The Morgan fingerprint density at radius 2 is 2.06 bits per heavy atom. The Morgan fingerprint density at radius 1 is 1.44 bits per heavy atom. The molecule has 4 heteroatoms. The van der Waals surface area contributed by atoms with Crippen LogP contribution in [0.25, 0.3) is 0 Å². The molecule has 0 spiro atoms. The molecule has 0 aliphatic rings. The van der Waals surface area contributed by atoms with Gasteiger partial charge in [0.25, 0.3) is 0 Å². The van der Waals surface area contributed by atoms with Gasteiger partial charge in [-0.25, -0.2) is 4.79 Å². The molecule has 0 aliphatic heterocycles. The Bertz CT molecular complexity index is 375. The topological polar surface area (TPSA) is 44.1 Å². The van der Waals surface area contributed by atoms with Crippen LogP contribution in [-0.4, -0.2) is 22.4 Å². The molecule has 0 aromatic carbocycles. The lowest BCUT2D eigenvalue weighted by atomic mass is 10.1. The number of carbonyl (C=O) groups excluding carboxylic acids is 1. The van der Waals surface area contributed by atoms with E-state index >= 15 is 0 Å². The Labute approximate surface area is 96.6 Å². The van der Waals surface area contributed by atoms with E-state index in [0.717, 1.165) is 12.1 Å². The van der Waals surface area contributed by atoms with Crippen LogP contribution >= 0.6 is 0 Å². The second kappa shape index (κ2) is 4.68. The summed E-state index contributed by atoms with van der Waals surface area (Å²) in [6, 6.07) is 0. The maximum absolute atomic E-state index is 11.7. The van der Waals surface area contributed by atoms with Crippen LogP contribution in [0.5, 0.6) is 0 Å². The lowest BCUT2D eigenvalue weighted by Crippen LogP contribution is -2.22. The summed E-state index contributed by atoms with van der Waals surface area (Å²) in [5.41, 5.74) is 1.27. The molecule has 1 aromatic heterocycles. The summed E-state index contributed by atoms with van der Waals surface area (Å²) in [4.78, 5) is 11.7. The third-order valence-electron chi connectivity index (χ3n) is 2.31. The van der Waals surface area contributed by atoms with Gasteiger partial charge >= 0.3 is 5.97 Å². The van der Waals surface area contributed by atoms with E-state index < -0.39 is 0 Å². The van der Waals surface area contributed by atoms with Crippen LogP contribution in [0.3, 0.4) is 0 Å². The first-order valence-corrected chi connectivity index (χ1v) is 5.66. The molecule has 0 unspecified atom stereocenters. The van der Waals surface area contributed by atoms with Gasteiger partial charge < -0.3 is 4.74 Å². The minimum atomic E-state index is -0.283. The van der Waals surface area contributed by atoms with Gasteiger partial charge in [0.1, 0.15) is 5.56 Å². The predicted octanol–water partition coefficient (Wildman–Crippen LogP) is 2.38. The van der Waals surface area contributed by atoms with E-state index in [1.54, 1.807) is 13.1 Å². The van der Waals surface area contributed by atoms with Crippen molar-refractivity contribution in [2.75, 3.05) is 6.61 Å². The van der Waals surface area contributed by atoms with Gasteiger partial charge in [0.05, 0.1) is 17.8 Å². The zero-order valence-electron chi connectivity index (χ0n) is 10.7. The summed E-state index contributed by atoms with van der Waals surface area (Å²) in [5, 5.41) is 4.42. The lowest BCUT2D eigenvalue weighted by Gasteiger charge is -2.18. The largest absolute Gasteiger partial charge is 0.462 e. The van der Waals surface area contributed by atoms with Gasteiger partial charge in [0.15, 0.2) is 0 Å². The van der Waals surface area contributed by atoms with Crippen molar-refractivity contribution in [1.29, 1.82) is 0 Å². The maximum atomic E-state index is 11.7. The highest BCUT2D eigenvalue weighted by molar-refractivity contribution is 5.90. The van der Waals surface area contributed by atoms with E-state index in [9.17, 15) is 4.79 Å². The molecule has 0 aliphatic carbocycles. The van der Waals surface area contributed by atoms with Crippen molar-refractivity contribution >= 4 is 5.97 Å². The number of aryl methyl sites for hydroxylation is 1. The highest BCUT2D eigenvalue weighted by Crippen LogP contribution is 2.17. The van der Waals surface area contributed by atoms with Crippen LogP contribution in [0.15, 0.2) is 6.20 Å². The average Bonchev–Trinajstić information content (AvgIpc) is 2.61. The molecule has 1 heterocycles. The zero-order chi connectivity index (χ0) is 12.3. The molecule has 90 valence electrons. The molecule has 0 N–H and O–H groups in total. The lowest BCUT2D eigenvalue weighted by molar-refractivity contribution is 0.0525. The molecule has 4 nitrogen and oxygen atoms in total. The van der Waals surface area contributed by atoms with E-state index in [1.807, 2.05) is 32.4 Å². The van der Waals surface area contributed by atoms with Crippen molar-refractivity contribution in [3.8, 4) is 0 Å². The van der Waals surface area contributed by atoms with Crippen LogP contribution in [0.1, 0.15) is 50.7 Å². The Morgan fingerprint density at radius 3 is 2.50 bits per heavy atom. The monoisotopic (exact) mass is 224 g/mol. The number of aromatic nitrogens is 2. The Balaban J connectivity index is 3.09. The second-order valence-electron chi connectivity index (χ2n) is 4.68. The third-order valence-corrected chi connectivity index (χ3v) is 2.31. The van der Waals surface area contributed by atoms with Crippen LogP contribution in [0.4, 0.5) is 0 Å². The molecule has 0 bridgehead atoms. The minimum Gasteiger partial charge on any atom is -0.462 e. The van der Waals surface area contributed by atoms with Gasteiger partial charge in [-0.3, -0.25) is 4.68 Å². The summed E-state index contributed by atoms with van der Waals surface area (Å²) in [6.07, 6.45) is 2.51. The standard InChI is InChI=1S/C12H20N2O2/c1-6-10-9(11(15)16-7-2)8-14(13-10)12(3,4)5/h8H,6-7H2,1-5H3. The van der Waals surface area contributed by atoms with E-state index in [4.69, 9.17) is 4.74 Å². The van der Waals surface area contributed by atoms with Crippen LogP contribution in [0, 0.1) is 0 Å². The first-order chi connectivity index (χ1) is 7.40. The number of rotatable bonds is 3. The van der Waals surface area contributed by atoms with Gasteiger partial charge in [-0.05, 0) is 34.1 Å². The molecule has 0 saturated carbocycles. The maximum Gasteiger partial charge on any atom is 0.341 e. The van der Waals surface area contributed by atoms with Gasteiger partial charge in [0.2, 0.25) is 0 Å². The summed E-state index contributed by atoms with van der Waals surface area (Å²) in [7, 11) is 0. The van der Waals surface area contributed by atoms with Gasteiger partial charge in [-0.1, -0.05) is 6.92 Å². The smallest absolute Gasteiger partial charge is 0.341 e. The first-order valence-electron chi connectivity index (χ1n) is 5.66. The third kappa shape index (κ3) is 2.62. The quantitative estimate of drug-likeness (QED) is 0.740. The fourth-order valence-corrected chi connectivity index (χ4v) is 1.39. The second-order valence-corrected chi connectivity index (χ2v) is 4.68. The van der Waals surface area contributed by atoms with E-state index in [0.29, 0.717) is 12.2 Å². The number of ether oxygens (including phenoxy) is 1. The first kappa shape index (κ1) is 12.7. The number of esters is 1. The molecule has 0 fully saturated rings. The summed E-state index contributed by atoms with van der Waals surface area (Å²) in [5.74, 6) is -0.283. The fourth-order valence-electron chi connectivity index (χ4n) is 1.39. The predicted molar refractivity (Wildman–Crippen MR) is 62.6 cm³/mol. The summed E-state index contributed by atoms with van der Waals surface area (Å²) in [6.45, 7) is 10.3. The average molecular weight is 224 g/mol. The highest BCUT2D eigenvalue weighted by atomic mass is 16.5. The molecule has 16 heavy (non-hydrogen) atoms. The molecular formula is C12H20N2O2. The molecule has 0 radical (unpaired) electrons. The highest BCUT2D eigenvalue weighted by Gasteiger charge is 2.21. The normalized spacial score (nSPS) is 11.6.